The molecule has 4 nitrogen and oxygen atoms in total. The zero-order chi connectivity index (χ0) is 21.5. The average Bonchev–Trinajstić information content (AvgIpc) is 2.83. The van der Waals surface area contributed by atoms with Crippen molar-refractivity contribution in [2.75, 3.05) is 5.32 Å². The van der Waals surface area contributed by atoms with Crippen LogP contribution in [0.1, 0.15) is 30.7 Å². The second kappa shape index (κ2) is 7.70. The summed E-state index contributed by atoms with van der Waals surface area (Å²) in [5, 5.41) is 2.21. The number of carbonyl (C=O) groups excluding carboxylic acids is 1. The predicted molar refractivity (Wildman–Crippen MR) is 99.7 cm³/mol. The Labute approximate surface area is 168 Å². The predicted octanol–water partition coefficient (Wildman–Crippen LogP) is 4.59. The molecule has 0 atom stereocenters. The Hall–Kier alpha value is -2.97. The van der Waals surface area contributed by atoms with Crippen LogP contribution < -0.4 is 9.88 Å². The van der Waals surface area contributed by atoms with Gasteiger partial charge in [0.1, 0.15) is 17.3 Å². The Morgan fingerprint density at radius 2 is 1.80 bits per heavy atom. The van der Waals surface area contributed by atoms with Crippen molar-refractivity contribution in [3.05, 3.63) is 59.4 Å². The van der Waals surface area contributed by atoms with Gasteiger partial charge in [-0.1, -0.05) is 6.07 Å². The normalized spacial score (nSPS) is 14.4. The Morgan fingerprint density at radius 3 is 2.50 bits per heavy atom. The van der Waals surface area contributed by atoms with Crippen molar-refractivity contribution in [2.45, 2.75) is 44.9 Å². The molecule has 3 aromatic rings. The van der Waals surface area contributed by atoms with Crippen LogP contribution in [0.5, 0.6) is 0 Å². The highest BCUT2D eigenvalue weighted by atomic mass is 19.4. The van der Waals surface area contributed by atoms with Crippen LogP contribution in [-0.2, 0) is 30.5 Å². The maximum Gasteiger partial charge on any atom is 0.416 e. The Bertz CT molecular complexity index is 1100. The van der Waals surface area contributed by atoms with Crippen molar-refractivity contribution in [1.82, 2.24) is 4.57 Å². The van der Waals surface area contributed by atoms with E-state index in [1.165, 1.54) is 16.7 Å². The molecular weight excluding hydrogens is 405 g/mol. The fraction of sp³-hybridized carbons (Fsp3) is 0.333. The van der Waals surface area contributed by atoms with E-state index in [4.69, 9.17) is 0 Å². The molecule has 0 aliphatic carbocycles. The van der Waals surface area contributed by atoms with Crippen molar-refractivity contribution < 1.29 is 31.3 Å². The third-order valence-electron chi connectivity index (χ3n) is 5.32. The summed E-state index contributed by atoms with van der Waals surface area (Å²) >= 11 is 0. The van der Waals surface area contributed by atoms with E-state index in [0.717, 1.165) is 49.4 Å². The first kappa shape index (κ1) is 20.3. The summed E-state index contributed by atoms with van der Waals surface area (Å²) in [5.41, 5.74) is -0.519. The number of imidazole rings is 1. The molecule has 0 unspecified atom stereocenters. The topological polar surface area (TPSA) is 37.9 Å². The molecule has 0 bridgehead atoms. The molecule has 1 aliphatic heterocycles. The summed E-state index contributed by atoms with van der Waals surface area (Å²) in [5.74, 6) is -1.84. The number of para-hydroxylation sites is 1. The van der Waals surface area contributed by atoms with Crippen LogP contribution in [0, 0.1) is 11.6 Å². The van der Waals surface area contributed by atoms with Crippen molar-refractivity contribution in [1.29, 1.82) is 0 Å². The van der Waals surface area contributed by atoms with Crippen LogP contribution in [0.3, 0.4) is 0 Å². The summed E-state index contributed by atoms with van der Waals surface area (Å²) < 4.78 is 70.9. The van der Waals surface area contributed by atoms with Gasteiger partial charge >= 0.3 is 6.18 Å². The highest BCUT2D eigenvalue weighted by Gasteiger charge is 2.34. The highest BCUT2D eigenvalue weighted by molar-refractivity contribution is 5.91. The van der Waals surface area contributed by atoms with Crippen LogP contribution in [0.4, 0.5) is 27.6 Å². The van der Waals surface area contributed by atoms with Crippen molar-refractivity contribution in [3.8, 4) is 0 Å². The molecule has 0 fully saturated rings. The molecule has 158 valence electrons. The van der Waals surface area contributed by atoms with Gasteiger partial charge in [-0.2, -0.15) is 13.2 Å². The molecule has 0 saturated carbocycles. The molecule has 1 aromatic heterocycles. The Kier molecular flexibility index (Phi) is 5.21. The van der Waals surface area contributed by atoms with E-state index < -0.39 is 35.0 Å². The number of aryl methyl sites for hydroxylation is 1. The maximum atomic E-state index is 13.9. The van der Waals surface area contributed by atoms with E-state index in [1.54, 1.807) is 0 Å². The molecule has 9 heteroatoms. The number of fused-ring (bicyclic) bond motifs is 3. The van der Waals surface area contributed by atoms with Crippen LogP contribution in [0.25, 0.3) is 11.0 Å². The summed E-state index contributed by atoms with van der Waals surface area (Å²) in [6.45, 7) is 0.279. The van der Waals surface area contributed by atoms with Crippen molar-refractivity contribution in [2.24, 2.45) is 0 Å². The van der Waals surface area contributed by atoms with Gasteiger partial charge in [-0.25, -0.2) is 17.9 Å². The first-order valence-corrected chi connectivity index (χ1v) is 9.62. The van der Waals surface area contributed by atoms with E-state index in [9.17, 15) is 26.7 Å². The number of nitrogens with zero attached hydrogens (tertiary/aromatic N) is 2. The van der Waals surface area contributed by atoms with E-state index in [1.807, 2.05) is 4.57 Å². The fourth-order valence-electron chi connectivity index (χ4n) is 3.93. The number of anilines is 1. The highest BCUT2D eigenvalue weighted by Crippen LogP contribution is 2.32. The molecule has 4 rings (SSSR count). The SMILES string of the molecule is O=C(Cn1c2[n+](c3ccc(C(F)(F)F)cc31)CCCCC2)Nc1c(F)cccc1F. The van der Waals surface area contributed by atoms with Gasteiger partial charge in [0.25, 0.3) is 11.7 Å². The van der Waals surface area contributed by atoms with Gasteiger partial charge in [0.15, 0.2) is 17.6 Å². The molecule has 0 spiro atoms. The van der Waals surface area contributed by atoms with Crippen molar-refractivity contribution in [3.63, 3.8) is 0 Å². The van der Waals surface area contributed by atoms with E-state index in [-0.39, 0.29) is 12.1 Å². The fourth-order valence-corrected chi connectivity index (χ4v) is 3.93. The van der Waals surface area contributed by atoms with Gasteiger partial charge < -0.3 is 5.32 Å². The summed E-state index contributed by atoms with van der Waals surface area (Å²) in [7, 11) is 0. The first-order chi connectivity index (χ1) is 14.3. The van der Waals surface area contributed by atoms with Gasteiger partial charge in [-0.15, -0.1) is 0 Å². The molecule has 1 aliphatic rings. The number of amides is 1. The van der Waals surface area contributed by atoms with Crippen LogP contribution in [0.2, 0.25) is 0 Å². The number of nitrogens with one attached hydrogen (secondary N) is 1. The van der Waals surface area contributed by atoms with Crippen molar-refractivity contribution >= 4 is 22.6 Å². The van der Waals surface area contributed by atoms with Crippen LogP contribution >= 0.6 is 0 Å². The molecular formula is C21H19F5N3O+. The molecule has 30 heavy (non-hydrogen) atoms. The zero-order valence-corrected chi connectivity index (χ0v) is 15.9. The van der Waals surface area contributed by atoms with Gasteiger partial charge in [-0.05, 0) is 43.5 Å². The van der Waals surface area contributed by atoms with Gasteiger partial charge in [0, 0.05) is 12.5 Å². The van der Waals surface area contributed by atoms with E-state index >= 15 is 0 Å². The number of alkyl halides is 3. The third kappa shape index (κ3) is 3.76. The first-order valence-electron chi connectivity index (χ1n) is 9.62. The third-order valence-corrected chi connectivity index (χ3v) is 5.32. The quantitative estimate of drug-likeness (QED) is 0.485. The second-order valence-corrected chi connectivity index (χ2v) is 7.31. The molecule has 1 N–H and O–H groups in total. The molecule has 0 radical (unpaired) electrons. The lowest BCUT2D eigenvalue weighted by Gasteiger charge is -2.08. The number of halogens is 5. The van der Waals surface area contributed by atoms with E-state index in [2.05, 4.69) is 5.32 Å². The number of aromatic nitrogens is 2. The number of benzene rings is 2. The molecule has 2 aromatic carbocycles. The summed E-state index contributed by atoms with van der Waals surface area (Å²) in [4.78, 5) is 12.6. The van der Waals surface area contributed by atoms with Gasteiger partial charge in [-0.3, -0.25) is 4.79 Å². The Balaban J connectivity index is 1.76. The maximum absolute atomic E-state index is 13.9. The number of hydrogen-bond donors (Lipinski definition) is 1. The molecule has 0 saturated heterocycles. The minimum absolute atomic E-state index is 0.269. The minimum atomic E-state index is -4.52. The average molecular weight is 424 g/mol. The minimum Gasteiger partial charge on any atom is -0.318 e. The summed E-state index contributed by atoms with van der Waals surface area (Å²) in [6.07, 6.45) is -1.24. The zero-order valence-electron chi connectivity index (χ0n) is 15.9. The summed E-state index contributed by atoms with van der Waals surface area (Å²) in [6, 6.07) is 6.67. The number of carbonyl (C=O) groups is 1. The lowest BCUT2D eigenvalue weighted by Crippen LogP contribution is -2.37. The smallest absolute Gasteiger partial charge is 0.318 e. The van der Waals surface area contributed by atoms with E-state index in [0.29, 0.717) is 18.5 Å². The number of hydrogen-bond acceptors (Lipinski definition) is 1. The largest absolute Gasteiger partial charge is 0.416 e. The number of rotatable bonds is 3. The lowest BCUT2D eigenvalue weighted by molar-refractivity contribution is -0.678. The lowest BCUT2D eigenvalue weighted by atomic mass is 10.2. The second-order valence-electron chi connectivity index (χ2n) is 7.31. The monoisotopic (exact) mass is 424 g/mol. The van der Waals surface area contributed by atoms with Crippen LogP contribution in [-0.4, -0.2) is 10.5 Å². The molecule has 1 amide bonds. The Morgan fingerprint density at radius 1 is 1.07 bits per heavy atom. The van der Waals surface area contributed by atoms with Gasteiger partial charge in [0.2, 0.25) is 0 Å². The standard InChI is InChI=1S/C21H18F5N3O/c22-14-5-4-6-15(23)20(14)27-18(30)12-29-17-11-13(21(24,25)26)8-9-16(17)28-10-3-1-2-7-19(28)29/h4-6,8-9,11H,1-3,7,10,12H2/p+1. The molecule has 2 heterocycles. The van der Waals surface area contributed by atoms with Crippen LogP contribution in [0.15, 0.2) is 36.4 Å². The van der Waals surface area contributed by atoms with Gasteiger partial charge in [0.05, 0.1) is 12.1 Å².